The zero-order valence-electron chi connectivity index (χ0n) is 3.00. The van der Waals surface area contributed by atoms with Crippen LogP contribution in [0, 0.1) is 0 Å². The van der Waals surface area contributed by atoms with Crippen molar-refractivity contribution in [2.24, 2.45) is 0 Å². The summed E-state index contributed by atoms with van der Waals surface area (Å²) >= 11 is 0. The first-order valence-electron chi connectivity index (χ1n) is 1.44. The van der Waals surface area contributed by atoms with Gasteiger partial charge in [-0.1, -0.05) is 0 Å². The summed E-state index contributed by atoms with van der Waals surface area (Å²) in [7, 11) is 0. The number of hydrogen-bond acceptors (Lipinski definition) is 1. The first-order chi connectivity index (χ1) is 2.50. The summed E-state index contributed by atoms with van der Waals surface area (Å²) in [6.45, 7) is 0. The molecular formula is C3H4N2Pt+2. The SMILES string of the molecule is [Pt+2].c1cn[nH]c1. The molecule has 0 aliphatic carbocycles. The summed E-state index contributed by atoms with van der Waals surface area (Å²) in [6, 6.07) is 1.83. The van der Waals surface area contributed by atoms with Crippen molar-refractivity contribution in [1.82, 2.24) is 10.2 Å². The van der Waals surface area contributed by atoms with E-state index in [0.717, 1.165) is 0 Å². The predicted molar refractivity (Wildman–Crippen MR) is 18.6 cm³/mol. The first kappa shape index (κ1) is 5.90. The molecule has 6 heavy (non-hydrogen) atoms. The van der Waals surface area contributed by atoms with Gasteiger partial charge in [-0.05, 0) is 6.07 Å². The van der Waals surface area contributed by atoms with Gasteiger partial charge in [0.25, 0.3) is 0 Å². The standard InChI is InChI=1S/C3H4N2.Pt/c1-2-4-5-3-1;/h1-3H,(H,4,5);/q;+2. The molecule has 0 radical (unpaired) electrons. The van der Waals surface area contributed by atoms with E-state index in [9.17, 15) is 0 Å². The number of H-pyrrole nitrogens is 1. The van der Waals surface area contributed by atoms with Crippen molar-refractivity contribution >= 4 is 0 Å². The van der Waals surface area contributed by atoms with Crippen LogP contribution in [-0.4, -0.2) is 10.2 Å². The van der Waals surface area contributed by atoms with E-state index in [1.807, 2.05) is 6.07 Å². The van der Waals surface area contributed by atoms with Gasteiger partial charge in [0.1, 0.15) is 0 Å². The Kier molecular flexibility index (Phi) is 3.05. The smallest absolute Gasteiger partial charge is 0.286 e. The van der Waals surface area contributed by atoms with Crippen LogP contribution in [0.1, 0.15) is 0 Å². The van der Waals surface area contributed by atoms with Crippen LogP contribution in [0.25, 0.3) is 0 Å². The Morgan fingerprint density at radius 3 is 2.50 bits per heavy atom. The monoisotopic (exact) mass is 263 g/mol. The molecule has 0 saturated carbocycles. The molecule has 0 unspecified atom stereocenters. The molecule has 1 rings (SSSR count). The van der Waals surface area contributed by atoms with Gasteiger partial charge in [0.2, 0.25) is 0 Å². The van der Waals surface area contributed by atoms with Crippen molar-refractivity contribution in [1.29, 1.82) is 0 Å². The zero-order chi connectivity index (χ0) is 3.54. The Labute approximate surface area is 50.2 Å². The van der Waals surface area contributed by atoms with Crippen LogP contribution >= 0.6 is 0 Å². The molecule has 3 heteroatoms. The average Bonchev–Trinajstić information content (AvgIpc) is 1.76. The summed E-state index contributed by atoms with van der Waals surface area (Å²) in [5.41, 5.74) is 0. The molecule has 0 aliphatic heterocycles. The maximum atomic E-state index is 3.60. The molecule has 0 bridgehead atoms. The van der Waals surface area contributed by atoms with Gasteiger partial charge in [0, 0.05) is 12.4 Å². The van der Waals surface area contributed by atoms with Gasteiger partial charge in [-0.25, -0.2) is 0 Å². The molecule has 0 aromatic carbocycles. The largest absolute Gasteiger partial charge is 2.00 e. The zero-order valence-corrected chi connectivity index (χ0v) is 5.27. The Morgan fingerprint density at radius 1 is 1.50 bits per heavy atom. The van der Waals surface area contributed by atoms with Crippen LogP contribution in [0.2, 0.25) is 0 Å². The fourth-order valence-electron chi connectivity index (χ4n) is 0.215. The van der Waals surface area contributed by atoms with Crippen molar-refractivity contribution < 1.29 is 21.1 Å². The van der Waals surface area contributed by atoms with E-state index < -0.39 is 0 Å². The van der Waals surface area contributed by atoms with E-state index in [4.69, 9.17) is 0 Å². The maximum Gasteiger partial charge on any atom is 2.00 e. The molecule has 0 atom stereocenters. The first-order valence-corrected chi connectivity index (χ1v) is 1.44. The molecule has 1 heterocycles. The summed E-state index contributed by atoms with van der Waals surface area (Å²) in [4.78, 5) is 0. The molecule has 0 spiro atoms. The minimum atomic E-state index is 0. The quantitative estimate of drug-likeness (QED) is 0.721. The van der Waals surface area contributed by atoms with Gasteiger partial charge < -0.3 is 0 Å². The molecule has 1 N–H and O–H groups in total. The van der Waals surface area contributed by atoms with Crippen molar-refractivity contribution in [3.8, 4) is 0 Å². The number of nitrogens with zero attached hydrogens (tertiary/aromatic N) is 1. The van der Waals surface area contributed by atoms with Gasteiger partial charge in [0.15, 0.2) is 0 Å². The van der Waals surface area contributed by atoms with Gasteiger partial charge >= 0.3 is 21.1 Å². The molecule has 0 saturated heterocycles. The van der Waals surface area contributed by atoms with E-state index >= 15 is 0 Å². The Morgan fingerprint density at radius 2 is 2.33 bits per heavy atom. The number of aromatic nitrogens is 2. The third kappa shape index (κ3) is 1.36. The van der Waals surface area contributed by atoms with Crippen LogP contribution in [0.4, 0.5) is 0 Å². The third-order valence-electron chi connectivity index (χ3n) is 0.406. The fraction of sp³-hybridized carbons (Fsp3) is 0. The van der Waals surface area contributed by atoms with Crippen molar-refractivity contribution in [3.05, 3.63) is 18.5 Å². The molecule has 0 aliphatic rings. The van der Waals surface area contributed by atoms with E-state index in [-0.39, 0.29) is 21.1 Å². The van der Waals surface area contributed by atoms with Crippen LogP contribution in [0.15, 0.2) is 18.5 Å². The molecule has 2 nitrogen and oxygen atoms in total. The minimum Gasteiger partial charge on any atom is -0.286 e. The third-order valence-corrected chi connectivity index (χ3v) is 0.406. The fourth-order valence-corrected chi connectivity index (χ4v) is 0.215. The average molecular weight is 263 g/mol. The number of nitrogens with one attached hydrogen (secondary N) is 1. The topological polar surface area (TPSA) is 28.7 Å². The maximum absolute atomic E-state index is 3.60. The Balaban J connectivity index is 0.000000250. The van der Waals surface area contributed by atoms with Crippen molar-refractivity contribution in [2.75, 3.05) is 0 Å². The van der Waals surface area contributed by atoms with Gasteiger partial charge in [-0.15, -0.1) is 0 Å². The molecule has 1 aromatic heterocycles. The molecular weight excluding hydrogens is 259 g/mol. The number of rotatable bonds is 0. The predicted octanol–water partition coefficient (Wildman–Crippen LogP) is 0.407. The molecule has 34 valence electrons. The summed E-state index contributed by atoms with van der Waals surface area (Å²) in [5.74, 6) is 0. The normalized spacial score (nSPS) is 6.67. The number of aromatic amines is 1. The van der Waals surface area contributed by atoms with Gasteiger partial charge in [-0.2, -0.15) is 5.10 Å². The van der Waals surface area contributed by atoms with E-state index in [1.54, 1.807) is 12.4 Å². The second-order valence-corrected chi connectivity index (χ2v) is 0.766. The van der Waals surface area contributed by atoms with Gasteiger partial charge in [-0.3, -0.25) is 5.10 Å². The van der Waals surface area contributed by atoms with E-state index in [1.165, 1.54) is 0 Å². The summed E-state index contributed by atoms with van der Waals surface area (Å²) in [5, 5.41) is 6.21. The Bertz CT molecular complexity index is 65.3. The molecule has 0 amide bonds. The van der Waals surface area contributed by atoms with Gasteiger partial charge in [0.05, 0.1) is 0 Å². The molecule has 1 aromatic rings. The second-order valence-electron chi connectivity index (χ2n) is 0.766. The van der Waals surface area contributed by atoms with Crippen LogP contribution < -0.4 is 0 Å². The second kappa shape index (κ2) is 3.10. The Hall–Kier alpha value is -0.102. The van der Waals surface area contributed by atoms with Crippen molar-refractivity contribution in [2.45, 2.75) is 0 Å². The minimum absolute atomic E-state index is 0. The van der Waals surface area contributed by atoms with Crippen molar-refractivity contribution in [3.63, 3.8) is 0 Å². The van der Waals surface area contributed by atoms with E-state index in [2.05, 4.69) is 10.2 Å². The van der Waals surface area contributed by atoms with Crippen LogP contribution in [0.3, 0.4) is 0 Å². The summed E-state index contributed by atoms with van der Waals surface area (Å²) < 4.78 is 0. The van der Waals surface area contributed by atoms with E-state index in [0.29, 0.717) is 0 Å². The summed E-state index contributed by atoms with van der Waals surface area (Å²) in [6.07, 6.45) is 3.46. The number of hydrogen-bond donors (Lipinski definition) is 1. The van der Waals surface area contributed by atoms with Crippen LogP contribution in [0.5, 0.6) is 0 Å². The van der Waals surface area contributed by atoms with Crippen LogP contribution in [-0.2, 0) is 21.1 Å². The molecule has 0 fully saturated rings.